The molecular formula is C29H35NO3. The summed E-state index contributed by atoms with van der Waals surface area (Å²) >= 11 is 0. The number of amides is 1. The summed E-state index contributed by atoms with van der Waals surface area (Å²) in [7, 11) is 1.67. The van der Waals surface area contributed by atoms with Crippen molar-refractivity contribution in [3.63, 3.8) is 0 Å². The van der Waals surface area contributed by atoms with Gasteiger partial charge in [-0.1, -0.05) is 42.3 Å². The van der Waals surface area contributed by atoms with Gasteiger partial charge in [-0.3, -0.25) is 4.79 Å². The quantitative estimate of drug-likeness (QED) is 0.490. The van der Waals surface area contributed by atoms with Gasteiger partial charge in [-0.05, 0) is 86.6 Å². The van der Waals surface area contributed by atoms with E-state index in [1.54, 1.807) is 7.11 Å². The van der Waals surface area contributed by atoms with E-state index in [1.165, 1.54) is 16.7 Å². The lowest BCUT2D eigenvalue weighted by molar-refractivity contribution is -0.00801. The molecule has 2 aliphatic carbocycles. The highest BCUT2D eigenvalue weighted by atomic mass is 16.5. The van der Waals surface area contributed by atoms with Gasteiger partial charge >= 0.3 is 0 Å². The molecule has 4 nitrogen and oxygen atoms in total. The second kappa shape index (κ2) is 10.1. The summed E-state index contributed by atoms with van der Waals surface area (Å²) in [5, 5.41) is 14.1. The molecule has 2 aromatic carbocycles. The first kappa shape index (κ1) is 23.5. The fraction of sp³-hybridized carbons (Fsp3) is 0.483. The van der Waals surface area contributed by atoms with E-state index >= 15 is 0 Å². The minimum atomic E-state index is -0.890. The van der Waals surface area contributed by atoms with Crippen LogP contribution in [0.4, 0.5) is 0 Å². The minimum absolute atomic E-state index is 0.0237. The van der Waals surface area contributed by atoms with E-state index in [0.29, 0.717) is 31.9 Å². The summed E-state index contributed by atoms with van der Waals surface area (Å²) in [5.41, 5.74) is 3.75. The maximum atomic E-state index is 12.7. The zero-order valence-corrected chi connectivity index (χ0v) is 19.8. The van der Waals surface area contributed by atoms with Crippen LogP contribution >= 0.6 is 0 Å². The predicted octanol–water partition coefficient (Wildman–Crippen LogP) is 4.43. The Balaban J connectivity index is 1.65. The third kappa shape index (κ3) is 5.00. The summed E-state index contributed by atoms with van der Waals surface area (Å²) in [6.45, 7) is 3.06. The van der Waals surface area contributed by atoms with Gasteiger partial charge in [0.1, 0.15) is 5.60 Å². The van der Waals surface area contributed by atoms with Gasteiger partial charge in [0, 0.05) is 31.2 Å². The van der Waals surface area contributed by atoms with Crippen molar-refractivity contribution in [3.05, 3.63) is 70.8 Å². The van der Waals surface area contributed by atoms with Crippen LogP contribution in [0.15, 0.2) is 48.5 Å². The second-order valence-corrected chi connectivity index (χ2v) is 9.64. The van der Waals surface area contributed by atoms with Gasteiger partial charge in [0.05, 0.1) is 0 Å². The molecule has 3 atom stereocenters. The maximum Gasteiger partial charge on any atom is 0.251 e. The lowest BCUT2D eigenvalue weighted by atomic mass is 9.52. The molecule has 0 radical (unpaired) electrons. The summed E-state index contributed by atoms with van der Waals surface area (Å²) in [4.78, 5) is 12.7. The first-order chi connectivity index (χ1) is 16.0. The number of benzene rings is 2. The molecule has 0 bridgehead atoms. The Morgan fingerprint density at radius 2 is 2.03 bits per heavy atom. The molecule has 0 heterocycles. The number of aryl methyl sites for hydroxylation is 1. The Bertz CT molecular complexity index is 1040. The van der Waals surface area contributed by atoms with E-state index in [9.17, 15) is 9.90 Å². The van der Waals surface area contributed by atoms with Crippen molar-refractivity contribution >= 4 is 5.91 Å². The highest BCUT2D eigenvalue weighted by Crippen LogP contribution is 2.54. The lowest BCUT2D eigenvalue weighted by Crippen LogP contribution is -2.51. The zero-order valence-electron chi connectivity index (χ0n) is 19.8. The van der Waals surface area contributed by atoms with E-state index in [-0.39, 0.29) is 11.3 Å². The van der Waals surface area contributed by atoms with Crippen molar-refractivity contribution in [2.45, 2.75) is 62.9 Å². The molecule has 4 rings (SSSR count). The third-order valence-corrected chi connectivity index (χ3v) is 7.55. The number of fused-ring (bicyclic) bond motifs is 3. The molecule has 0 aromatic heterocycles. The molecule has 1 amide bonds. The Hall–Kier alpha value is -2.61. The van der Waals surface area contributed by atoms with Gasteiger partial charge in [-0.25, -0.2) is 0 Å². The number of rotatable bonds is 7. The molecule has 0 spiro atoms. The SMILES string of the molecule is CC#C[C@@]1(O)CC[C@@]2(Cc3ccccc3)c3ccc(C(=O)NCCCOC)cc3CC[C@@H]2C1. The molecule has 0 saturated heterocycles. The highest BCUT2D eigenvalue weighted by molar-refractivity contribution is 5.94. The average Bonchev–Trinajstić information content (AvgIpc) is 2.82. The Morgan fingerprint density at radius 1 is 1.21 bits per heavy atom. The maximum absolute atomic E-state index is 12.7. The van der Waals surface area contributed by atoms with E-state index in [2.05, 4.69) is 59.6 Å². The lowest BCUT2D eigenvalue weighted by Gasteiger charge is -2.52. The number of nitrogens with one attached hydrogen (secondary N) is 1. The van der Waals surface area contributed by atoms with E-state index < -0.39 is 5.60 Å². The van der Waals surface area contributed by atoms with Crippen molar-refractivity contribution in [1.29, 1.82) is 0 Å². The predicted molar refractivity (Wildman–Crippen MR) is 131 cm³/mol. The average molecular weight is 446 g/mol. The largest absolute Gasteiger partial charge is 0.385 e. The van der Waals surface area contributed by atoms with Crippen molar-refractivity contribution in [1.82, 2.24) is 5.32 Å². The summed E-state index contributed by atoms with van der Waals surface area (Å²) in [5.74, 6) is 6.38. The Kier molecular flexibility index (Phi) is 7.22. The molecule has 0 aliphatic heterocycles. The standard InChI is InChI=1S/C29H35NO3/c1-3-14-28(32)15-16-29(20-22-8-5-4-6-9-22)25(21-28)12-10-23-19-24(11-13-26(23)29)27(31)30-17-7-18-33-2/h4-6,8-9,11,13,19,25,32H,7,10,12,15-18,20-21H2,1-2H3,(H,30,31)/t25-,28-,29+/m1/s1. The minimum Gasteiger partial charge on any atom is -0.385 e. The summed E-state index contributed by atoms with van der Waals surface area (Å²) in [6, 6.07) is 16.9. The van der Waals surface area contributed by atoms with Crippen molar-refractivity contribution < 1.29 is 14.6 Å². The Labute approximate surface area is 197 Å². The van der Waals surface area contributed by atoms with Crippen LogP contribution in [0.3, 0.4) is 0 Å². The van der Waals surface area contributed by atoms with Crippen molar-refractivity contribution in [2.75, 3.05) is 20.3 Å². The van der Waals surface area contributed by atoms with Crippen LogP contribution in [0.5, 0.6) is 0 Å². The molecule has 1 fully saturated rings. The highest BCUT2D eigenvalue weighted by Gasteiger charge is 2.51. The van der Waals surface area contributed by atoms with E-state index in [1.807, 2.05) is 13.0 Å². The van der Waals surface area contributed by atoms with Gasteiger partial charge in [0.25, 0.3) is 5.91 Å². The van der Waals surface area contributed by atoms with Crippen LogP contribution in [0.1, 0.15) is 66.1 Å². The monoisotopic (exact) mass is 445 g/mol. The van der Waals surface area contributed by atoms with Crippen LogP contribution in [-0.2, 0) is 23.0 Å². The van der Waals surface area contributed by atoms with Crippen LogP contribution in [0.25, 0.3) is 0 Å². The van der Waals surface area contributed by atoms with Crippen molar-refractivity contribution in [2.24, 2.45) is 5.92 Å². The molecule has 2 aromatic rings. The molecule has 2 aliphatic rings. The summed E-state index contributed by atoms with van der Waals surface area (Å²) < 4.78 is 5.07. The number of hydrogen-bond donors (Lipinski definition) is 2. The molecule has 174 valence electrons. The van der Waals surface area contributed by atoms with Gasteiger partial charge in [-0.15, -0.1) is 5.92 Å². The normalized spacial score (nSPS) is 25.8. The smallest absolute Gasteiger partial charge is 0.251 e. The first-order valence-corrected chi connectivity index (χ1v) is 12.1. The van der Waals surface area contributed by atoms with Crippen LogP contribution in [-0.4, -0.2) is 36.9 Å². The van der Waals surface area contributed by atoms with E-state index in [0.717, 1.165) is 37.7 Å². The molecular weight excluding hydrogens is 410 g/mol. The zero-order chi connectivity index (χ0) is 23.3. The van der Waals surface area contributed by atoms with Crippen LogP contribution in [0, 0.1) is 17.8 Å². The second-order valence-electron chi connectivity index (χ2n) is 9.64. The van der Waals surface area contributed by atoms with E-state index in [4.69, 9.17) is 4.74 Å². The van der Waals surface area contributed by atoms with Gasteiger partial charge < -0.3 is 15.2 Å². The topological polar surface area (TPSA) is 58.6 Å². The fourth-order valence-corrected chi connectivity index (χ4v) is 5.98. The number of carbonyl (C=O) groups is 1. The number of methoxy groups -OCH3 is 1. The van der Waals surface area contributed by atoms with Crippen molar-refractivity contribution in [3.8, 4) is 11.8 Å². The number of hydrogen-bond acceptors (Lipinski definition) is 3. The molecule has 0 unspecified atom stereocenters. The first-order valence-electron chi connectivity index (χ1n) is 12.1. The molecule has 33 heavy (non-hydrogen) atoms. The third-order valence-electron chi connectivity index (χ3n) is 7.55. The van der Waals surface area contributed by atoms with Gasteiger partial charge in [0.2, 0.25) is 0 Å². The molecule has 2 N–H and O–H groups in total. The van der Waals surface area contributed by atoms with Crippen LogP contribution in [0.2, 0.25) is 0 Å². The molecule has 1 saturated carbocycles. The van der Waals surface area contributed by atoms with Gasteiger partial charge in [-0.2, -0.15) is 0 Å². The Morgan fingerprint density at radius 3 is 2.79 bits per heavy atom. The molecule has 4 heteroatoms. The summed E-state index contributed by atoms with van der Waals surface area (Å²) in [6.07, 6.45) is 5.97. The van der Waals surface area contributed by atoms with Crippen LogP contribution < -0.4 is 5.32 Å². The number of ether oxygens (including phenoxy) is 1. The number of aliphatic hydroxyl groups is 1. The fourth-order valence-electron chi connectivity index (χ4n) is 5.98. The number of carbonyl (C=O) groups excluding carboxylic acids is 1. The van der Waals surface area contributed by atoms with Gasteiger partial charge in [0.15, 0.2) is 0 Å².